The lowest BCUT2D eigenvalue weighted by Crippen LogP contribution is -2.21. The summed E-state index contributed by atoms with van der Waals surface area (Å²) in [5.74, 6) is -0.292. The van der Waals surface area contributed by atoms with Gasteiger partial charge in [0.1, 0.15) is 0 Å². The van der Waals surface area contributed by atoms with Gasteiger partial charge in [0.05, 0.1) is 7.11 Å². The molecular formula is C9H17NO2. The Balaban J connectivity index is 4.23. The molecule has 0 aromatic heterocycles. The lowest BCUT2D eigenvalue weighted by molar-refractivity contribution is -0.134. The molecule has 70 valence electrons. The van der Waals surface area contributed by atoms with E-state index in [4.69, 9.17) is 0 Å². The summed E-state index contributed by atoms with van der Waals surface area (Å²) >= 11 is 0. The Labute approximate surface area is 74.0 Å². The number of rotatable bonds is 4. The van der Waals surface area contributed by atoms with E-state index in [1.165, 1.54) is 13.2 Å². The van der Waals surface area contributed by atoms with Crippen molar-refractivity contribution in [1.82, 2.24) is 4.90 Å². The number of carbonyl (C=O) groups is 1. The largest absolute Gasteiger partial charge is 0.466 e. The molecule has 0 aliphatic rings. The quantitative estimate of drug-likeness (QED) is 0.473. The normalized spacial score (nSPS) is 11.2. The van der Waals surface area contributed by atoms with Crippen LogP contribution in [0.5, 0.6) is 0 Å². The maximum Gasteiger partial charge on any atom is 0.332 e. The van der Waals surface area contributed by atoms with Crippen LogP contribution < -0.4 is 0 Å². The monoisotopic (exact) mass is 171 g/mol. The van der Waals surface area contributed by atoms with Crippen molar-refractivity contribution in [1.29, 1.82) is 0 Å². The summed E-state index contributed by atoms with van der Waals surface area (Å²) in [4.78, 5) is 12.9. The number of methoxy groups -OCH3 is 1. The molecule has 3 nitrogen and oxygen atoms in total. The first-order valence-corrected chi connectivity index (χ1v) is 4.16. The van der Waals surface area contributed by atoms with Crippen molar-refractivity contribution in [3.63, 3.8) is 0 Å². The molecule has 0 aliphatic carbocycles. The van der Waals surface area contributed by atoms with Crippen LogP contribution in [0.25, 0.3) is 0 Å². The van der Waals surface area contributed by atoms with Crippen molar-refractivity contribution in [3.8, 4) is 0 Å². The molecular weight excluding hydrogens is 154 g/mol. The van der Waals surface area contributed by atoms with Crippen LogP contribution in [0.3, 0.4) is 0 Å². The smallest absolute Gasteiger partial charge is 0.332 e. The minimum atomic E-state index is -0.292. The minimum absolute atomic E-state index is 0.292. The number of hydrogen-bond donors (Lipinski definition) is 0. The van der Waals surface area contributed by atoms with Crippen LogP contribution in [0.1, 0.15) is 20.8 Å². The molecule has 12 heavy (non-hydrogen) atoms. The number of esters is 1. The highest BCUT2D eigenvalue weighted by molar-refractivity contribution is 5.82. The lowest BCUT2D eigenvalue weighted by atomic mass is 10.3. The number of carbonyl (C=O) groups excluding carboxylic acids is 1. The zero-order valence-corrected chi connectivity index (χ0v) is 8.26. The third kappa shape index (κ3) is 3.42. The van der Waals surface area contributed by atoms with Gasteiger partial charge in [-0.1, -0.05) is 0 Å². The highest BCUT2D eigenvalue weighted by Gasteiger charge is 2.01. The average molecular weight is 171 g/mol. The van der Waals surface area contributed by atoms with E-state index < -0.39 is 0 Å². The SMILES string of the molecule is CCN(CC)/C(C)=C/C(=O)OC. The minimum Gasteiger partial charge on any atom is -0.466 e. The van der Waals surface area contributed by atoms with Gasteiger partial charge >= 0.3 is 5.97 Å². The van der Waals surface area contributed by atoms with E-state index in [0.717, 1.165) is 18.8 Å². The number of ether oxygens (including phenoxy) is 1. The molecule has 0 N–H and O–H groups in total. The van der Waals surface area contributed by atoms with Crippen LogP contribution in [0.2, 0.25) is 0 Å². The van der Waals surface area contributed by atoms with E-state index in [2.05, 4.69) is 23.5 Å². The molecule has 0 aliphatic heterocycles. The van der Waals surface area contributed by atoms with Gasteiger partial charge in [0.15, 0.2) is 0 Å². The first-order chi connectivity index (χ1) is 5.65. The maximum absolute atomic E-state index is 10.8. The van der Waals surface area contributed by atoms with Crippen molar-refractivity contribution in [2.45, 2.75) is 20.8 Å². The first-order valence-electron chi connectivity index (χ1n) is 4.16. The molecule has 0 spiro atoms. The third-order valence-corrected chi connectivity index (χ3v) is 1.79. The second kappa shape index (κ2) is 5.63. The molecule has 0 atom stereocenters. The summed E-state index contributed by atoms with van der Waals surface area (Å²) in [6, 6.07) is 0. The Morgan fingerprint density at radius 1 is 1.42 bits per heavy atom. The molecule has 0 aromatic carbocycles. The second-order valence-electron chi connectivity index (χ2n) is 2.48. The van der Waals surface area contributed by atoms with Crippen LogP contribution in [0, 0.1) is 0 Å². The van der Waals surface area contributed by atoms with E-state index in [-0.39, 0.29) is 5.97 Å². The number of nitrogens with zero attached hydrogens (tertiary/aromatic N) is 1. The zero-order chi connectivity index (χ0) is 9.56. The van der Waals surface area contributed by atoms with E-state index in [0.29, 0.717) is 0 Å². The summed E-state index contributed by atoms with van der Waals surface area (Å²) < 4.78 is 4.52. The van der Waals surface area contributed by atoms with E-state index in [1.807, 2.05) is 6.92 Å². The van der Waals surface area contributed by atoms with Crippen LogP contribution >= 0.6 is 0 Å². The summed E-state index contributed by atoms with van der Waals surface area (Å²) in [5, 5.41) is 0. The number of hydrogen-bond acceptors (Lipinski definition) is 3. The standard InChI is InChI=1S/C9H17NO2/c1-5-10(6-2)8(3)7-9(11)12-4/h7H,5-6H2,1-4H3/b8-7+. The van der Waals surface area contributed by atoms with Gasteiger partial charge in [0.25, 0.3) is 0 Å². The molecule has 0 radical (unpaired) electrons. The van der Waals surface area contributed by atoms with Crippen LogP contribution in [0.4, 0.5) is 0 Å². The van der Waals surface area contributed by atoms with Crippen LogP contribution in [0.15, 0.2) is 11.8 Å². The van der Waals surface area contributed by atoms with E-state index in [9.17, 15) is 4.79 Å². The topological polar surface area (TPSA) is 29.5 Å². The molecule has 0 aromatic rings. The predicted molar refractivity (Wildman–Crippen MR) is 48.7 cm³/mol. The Bertz CT molecular complexity index is 171. The molecule has 0 saturated carbocycles. The van der Waals surface area contributed by atoms with Crippen LogP contribution in [-0.2, 0) is 9.53 Å². The maximum atomic E-state index is 10.8. The highest BCUT2D eigenvalue weighted by atomic mass is 16.5. The molecule has 0 amide bonds. The summed E-state index contributed by atoms with van der Waals surface area (Å²) in [5.41, 5.74) is 0.951. The fraction of sp³-hybridized carbons (Fsp3) is 0.667. The predicted octanol–water partition coefficient (Wildman–Crippen LogP) is 1.41. The van der Waals surface area contributed by atoms with Gasteiger partial charge in [0, 0.05) is 24.9 Å². The zero-order valence-electron chi connectivity index (χ0n) is 8.26. The summed E-state index contributed by atoms with van der Waals surface area (Å²) in [7, 11) is 1.38. The van der Waals surface area contributed by atoms with Gasteiger partial charge in [-0.3, -0.25) is 0 Å². The van der Waals surface area contributed by atoms with Gasteiger partial charge in [-0.15, -0.1) is 0 Å². The Hall–Kier alpha value is -0.990. The molecule has 3 heteroatoms. The average Bonchev–Trinajstić information content (AvgIpc) is 2.06. The molecule has 0 saturated heterocycles. The summed E-state index contributed by atoms with van der Waals surface area (Å²) in [6.07, 6.45) is 1.51. The molecule has 0 bridgehead atoms. The van der Waals surface area contributed by atoms with Crippen molar-refractivity contribution in [2.24, 2.45) is 0 Å². The van der Waals surface area contributed by atoms with Crippen molar-refractivity contribution in [2.75, 3.05) is 20.2 Å². The molecule has 0 heterocycles. The summed E-state index contributed by atoms with van der Waals surface area (Å²) in [6.45, 7) is 7.84. The van der Waals surface area contributed by atoms with E-state index >= 15 is 0 Å². The second-order valence-corrected chi connectivity index (χ2v) is 2.48. The fourth-order valence-electron chi connectivity index (χ4n) is 1.04. The number of allylic oxidation sites excluding steroid dienone is 1. The van der Waals surface area contributed by atoms with Crippen molar-refractivity contribution in [3.05, 3.63) is 11.8 Å². The Morgan fingerprint density at radius 3 is 2.25 bits per heavy atom. The Morgan fingerprint density at radius 2 is 1.92 bits per heavy atom. The van der Waals surface area contributed by atoms with Crippen molar-refractivity contribution >= 4 is 5.97 Å². The van der Waals surface area contributed by atoms with Crippen LogP contribution in [-0.4, -0.2) is 31.1 Å². The first kappa shape index (κ1) is 11.0. The van der Waals surface area contributed by atoms with Gasteiger partial charge in [-0.2, -0.15) is 0 Å². The van der Waals surface area contributed by atoms with Gasteiger partial charge in [-0.25, -0.2) is 4.79 Å². The van der Waals surface area contributed by atoms with Gasteiger partial charge in [0.2, 0.25) is 0 Å². The highest BCUT2D eigenvalue weighted by Crippen LogP contribution is 2.01. The molecule has 0 rings (SSSR count). The van der Waals surface area contributed by atoms with Gasteiger partial charge in [-0.05, 0) is 20.8 Å². The fourth-order valence-corrected chi connectivity index (χ4v) is 1.04. The van der Waals surface area contributed by atoms with E-state index in [1.54, 1.807) is 0 Å². The lowest BCUT2D eigenvalue weighted by Gasteiger charge is -2.20. The van der Waals surface area contributed by atoms with Gasteiger partial charge < -0.3 is 9.64 Å². The third-order valence-electron chi connectivity index (χ3n) is 1.79. The Kier molecular flexibility index (Phi) is 5.17. The molecule has 0 fully saturated rings. The van der Waals surface area contributed by atoms with Crippen molar-refractivity contribution < 1.29 is 9.53 Å². The molecule has 0 unspecified atom stereocenters.